The van der Waals surface area contributed by atoms with E-state index in [0.717, 1.165) is 6.42 Å². The van der Waals surface area contributed by atoms with Gasteiger partial charge in [-0.3, -0.25) is 9.59 Å². The molecule has 0 radical (unpaired) electrons. The Kier molecular flexibility index (Phi) is 12.0. The number of hydrogen-bond acceptors (Lipinski definition) is 3. The number of aliphatic hydroxyl groups is 1. The molecule has 0 bridgehead atoms. The average molecular weight is 359 g/mol. The third kappa shape index (κ3) is 11.4. The molecule has 0 aromatic rings. The predicted molar refractivity (Wildman–Crippen MR) is 110 cm³/mol. The van der Waals surface area contributed by atoms with Crippen LogP contribution in [-0.4, -0.2) is 16.7 Å². The number of carbonyl (C=O) groups excluding carboxylic acids is 2. The van der Waals surface area contributed by atoms with E-state index in [1.807, 2.05) is 25.2 Å². The van der Waals surface area contributed by atoms with Gasteiger partial charge in [-0.1, -0.05) is 62.8 Å². The molecule has 0 aromatic carbocycles. The van der Waals surface area contributed by atoms with Gasteiger partial charge in [0.25, 0.3) is 0 Å². The maximum Gasteiger partial charge on any atom is 0.162 e. The Labute approximate surface area is 158 Å². The highest BCUT2D eigenvalue weighted by Crippen LogP contribution is 2.16. The Balaban J connectivity index is 4.63. The van der Waals surface area contributed by atoms with Crippen molar-refractivity contribution in [1.29, 1.82) is 0 Å². The number of aliphatic hydroxyl groups excluding tert-OH is 1. The summed E-state index contributed by atoms with van der Waals surface area (Å²) in [4.78, 5) is 23.2. The highest BCUT2D eigenvalue weighted by molar-refractivity contribution is 5.92. The molecule has 0 amide bonds. The molecule has 26 heavy (non-hydrogen) atoms. The van der Waals surface area contributed by atoms with E-state index >= 15 is 0 Å². The summed E-state index contributed by atoms with van der Waals surface area (Å²) in [7, 11) is 0. The first-order valence-electron chi connectivity index (χ1n) is 9.29. The van der Waals surface area contributed by atoms with E-state index in [1.165, 1.54) is 18.6 Å². The number of hydrogen-bond donors (Lipinski definition) is 1. The number of allylic oxidation sites excluding steroid dienone is 9. The molecule has 0 aliphatic carbocycles. The third-order valence-electron chi connectivity index (χ3n) is 4.19. The van der Waals surface area contributed by atoms with Gasteiger partial charge in [0, 0.05) is 18.4 Å². The first-order chi connectivity index (χ1) is 12.2. The summed E-state index contributed by atoms with van der Waals surface area (Å²) in [6.07, 6.45) is 15.1. The van der Waals surface area contributed by atoms with Crippen LogP contribution in [0.25, 0.3) is 0 Å². The molecule has 144 valence electrons. The smallest absolute Gasteiger partial charge is 0.162 e. The average Bonchev–Trinajstić information content (AvgIpc) is 2.58. The lowest BCUT2D eigenvalue weighted by molar-refractivity contribution is -0.118. The molecule has 0 fully saturated rings. The van der Waals surface area contributed by atoms with Gasteiger partial charge in [0.05, 0.1) is 0 Å². The topological polar surface area (TPSA) is 54.4 Å². The van der Waals surface area contributed by atoms with Crippen LogP contribution in [0, 0.1) is 11.8 Å². The fourth-order valence-electron chi connectivity index (χ4n) is 2.20. The van der Waals surface area contributed by atoms with E-state index in [4.69, 9.17) is 0 Å². The quantitative estimate of drug-likeness (QED) is 0.278. The van der Waals surface area contributed by atoms with Gasteiger partial charge in [0.2, 0.25) is 0 Å². The summed E-state index contributed by atoms with van der Waals surface area (Å²) in [5.74, 6) is -0.0575. The molecule has 2 atom stereocenters. The molecule has 0 aliphatic heterocycles. The molecule has 0 spiro atoms. The Hall–Kier alpha value is -2.16. The Morgan fingerprint density at radius 1 is 1.04 bits per heavy atom. The summed E-state index contributed by atoms with van der Waals surface area (Å²) in [5, 5.41) is 9.98. The summed E-state index contributed by atoms with van der Waals surface area (Å²) in [6, 6.07) is 0. The van der Waals surface area contributed by atoms with Crippen molar-refractivity contribution in [3.8, 4) is 0 Å². The van der Waals surface area contributed by atoms with E-state index in [1.54, 1.807) is 13.0 Å². The van der Waals surface area contributed by atoms with E-state index in [9.17, 15) is 14.7 Å². The normalized spacial score (nSPS) is 16.3. The summed E-state index contributed by atoms with van der Waals surface area (Å²) >= 11 is 0. The van der Waals surface area contributed by atoms with Crippen molar-refractivity contribution in [2.24, 2.45) is 11.8 Å². The number of carbonyl (C=O) groups is 2. The van der Waals surface area contributed by atoms with Crippen LogP contribution in [0.1, 0.15) is 60.8 Å². The van der Waals surface area contributed by atoms with E-state index < -0.39 is 0 Å². The van der Waals surface area contributed by atoms with Crippen LogP contribution in [0.3, 0.4) is 0 Å². The first kappa shape index (κ1) is 23.8. The predicted octanol–water partition coefficient (Wildman–Crippen LogP) is 6.05. The Morgan fingerprint density at radius 2 is 1.69 bits per heavy atom. The number of rotatable bonds is 11. The molecule has 0 aliphatic rings. The van der Waals surface area contributed by atoms with Gasteiger partial charge < -0.3 is 5.11 Å². The van der Waals surface area contributed by atoms with Crippen molar-refractivity contribution in [3.63, 3.8) is 0 Å². The van der Waals surface area contributed by atoms with Gasteiger partial charge in [-0.25, -0.2) is 0 Å². The van der Waals surface area contributed by atoms with Crippen LogP contribution in [0.5, 0.6) is 0 Å². The van der Waals surface area contributed by atoms with Crippen LogP contribution < -0.4 is 0 Å². The highest BCUT2D eigenvalue weighted by atomic mass is 16.3. The molecule has 3 heteroatoms. The van der Waals surface area contributed by atoms with Crippen LogP contribution in [0.4, 0.5) is 0 Å². The van der Waals surface area contributed by atoms with Crippen molar-refractivity contribution in [2.45, 2.75) is 60.8 Å². The summed E-state index contributed by atoms with van der Waals surface area (Å²) in [6.45, 7) is 11.4. The lowest BCUT2D eigenvalue weighted by Gasteiger charge is -2.12. The maximum atomic E-state index is 12.2. The van der Waals surface area contributed by atoms with Crippen molar-refractivity contribution < 1.29 is 14.7 Å². The van der Waals surface area contributed by atoms with Crippen LogP contribution in [0.2, 0.25) is 0 Å². The van der Waals surface area contributed by atoms with Crippen LogP contribution >= 0.6 is 0 Å². The van der Waals surface area contributed by atoms with Gasteiger partial charge in [0.1, 0.15) is 11.5 Å². The van der Waals surface area contributed by atoms with Crippen molar-refractivity contribution in [3.05, 3.63) is 59.4 Å². The standard InChI is InChI=1S/C23H34O3/c1-7-17(2)11-9-8-10-12-18(3)15-20(5)23(26)16-22(25)19(4)13-14-21(6)24/h8-13,16,18,20,25H,7,14-15H2,1-6H3/b9-8+,12-10+,17-11+,19-13+,22-16-. The minimum atomic E-state index is -0.177. The van der Waals surface area contributed by atoms with Crippen molar-refractivity contribution >= 4 is 11.6 Å². The third-order valence-corrected chi connectivity index (χ3v) is 4.19. The monoisotopic (exact) mass is 358 g/mol. The zero-order chi connectivity index (χ0) is 20.1. The summed E-state index contributed by atoms with van der Waals surface area (Å²) in [5.41, 5.74) is 1.88. The van der Waals surface area contributed by atoms with E-state index in [-0.39, 0.29) is 35.6 Å². The fourth-order valence-corrected chi connectivity index (χ4v) is 2.20. The molecular formula is C23H34O3. The van der Waals surface area contributed by atoms with Crippen molar-refractivity contribution in [1.82, 2.24) is 0 Å². The van der Waals surface area contributed by atoms with E-state index in [2.05, 4.69) is 32.9 Å². The molecule has 1 N–H and O–H groups in total. The second-order valence-corrected chi connectivity index (χ2v) is 6.98. The minimum Gasteiger partial charge on any atom is -0.508 e. The fraction of sp³-hybridized carbons (Fsp3) is 0.478. The maximum absolute atomic E-state index is 12.2. The molecule has 2 unspecified atom stereocenters. The van der Waals surface area contributed by atoms with Gasteiger partial charge in [-0.2, -0.15) is 0 Å². The molecule has 0 rings (SSSR count). The molecule has 0 saturated heterocycles. The molecule has 0 aromatic heterocycles. The second-order valence-electron chi connectivity index (χ2n) is 6.98. The molecule has 3 nitrogen and oxygen atoms in total. The van der Waals surface area contributed by atoms with Gasteiger partial charge in [-0.15, -0.1) is 0 Å². The zero-order valence-electron chi connectivity index (χ0n) is 17.1. The lowest BCUT2D eigenvalue weighted by atomic mass is 9.93. The Morgan fingerprint density at radius 3 is 2.27 bits per heavy atom. The molecular weight excluding hydrogens is 324 g/mol. The number of ketones is 2. The van der Waals surface area contributed by atoms with Gasteiger partial charge >= 0.3 is 0 Å². The van der Waals surface area contributed by atoms with Gasteiger partial charge in [0.15, 0.2) is 5.78 Å². The Bertz CT molecular complexity index is 615. The van der Waals surface area contributed by atoms with Gasteiger partial charge in [-0.05, 0) is 45.1 Å². The lowest BCUT2D eigenvalue weighted by Crippen LogP contribution is -2.12. The van der Waals surface area contributed by atoms with E-state index in [0.29, 0.717) is 12.0 Å². The highest BCUT2D eigenvalue weighted by Gasteiger charge is 2.14. The van der Waals surface area contributed by atoms with Crippen molar-refractivity contribution in [2.75, 3.05) is 0 Å². The summed E-state index contributed by atoms with van der Waals surface area (Å²) < 4.78 is 0. The largest absolute Gasteiger partial charge is 0.508 e. The SMILES string of the molecule is CC/C(C)=C/C=C/C=C/C(C)CC(C)C(=O)/C=C(O)/C(C)=C/CC(C)=O. The molecule has 0 heterocycles. The second kappa shape index (κ2) is 13.1. The van der Waals surface area contributed by atoms with Crippen LogP contribution in [-0.2, 0) is 9.59 Å². The molecule has 0 saturated carbocycles. The zero-order valence-corrected chi connectivity index (χ0v) is 17.1. The first-order valence-corrected chi connectivity index (χ1v) is 9.29. The van der Waals surface area contributed by atoms with Crippen LogP contribution in [0.15, 0.2) is 59.4 Å². The minimum absolute atomic E-state index is 0.0202. The number of Topliss-reactive ketones (excluding diaryl/α,β-unsaturated/α-hetero) is 1.